The molecule has 3 atom stereocenters. The van der Waals surface area contributed by atoms with E-state index in [2.05, 4.69) is 5.32 Å². The van der Waals surface area contributed by atoms with Gasteiger partial charge in [0.05, 0.1) is 6.54 Å². The van der Waals surface area contributed by atoms with E-state index in [1.54, 1.807) is 0 Å². The third-order valence-electron chi connectivity index (χ3n) is 4.65. The second-order valence-corrected chi connectivity index (χ2v) is 6.30. The van der Waals surface area contributed by atoms with Gasteiger partial charge in [-0.15, -0.1) is 0 Å². The first kappa shape index (κ1) is 16.0. The Morgan fingerprint density at radius 1 is 1.15 bits per heavy atom. The highest BCUT2D eigenvalue weighted by atomic mass is 19.4. The van der Waals surface area contributed by atoms with Crippen molar-refractivity contribution in [2.24, 2.45) is 17.6 Å². The van der Waals surface area contributed by atoms with Crippen LogP contribution in [0, 0.1) is 11.8 Å². The number of hydrogen-bond acceptors (Lipinski definition) is 3. The standard InChI is InChI=1S/C14H26F3N3/c15-14(16,17)10-20-6-5-11(9-20)8-19-13-4-2-1-3-12(13)7-18/h11-13,19H,1-10,18H2. The van der Waals surface area contributed by atoms with Crippen molar-refractivity contribution in [1.82, 2.24) is 10.2 Å². The maximum atomic E-state index is 12.3. The van der Waals surface area contributed by atoms with E-state index in [4.69, 9.17) is 5.73 Å². The molecule has 1 aliphatic carbocycles. The number of alkyl halides is 3. The summed E-state index contributed by atoms with van der Waals surface area (Å²) in [6.07, 6.45) is 1.61. The minimum Gasteiger partial charge on any atom is -0.330 e. The first-order valence-corrected chi connectivity index (χ1v) is 7.70. The van der Waals surface area contributed by atoms with Gasteiger partial charge in [-0.3, -0.25) is 4.90 Å². The Bertz CT molecular complexity index is 296. The molecule has 2 rings (SSSR count). The van der Waals surface area contributed by atoms with Crippen molar-refractivity contribution in [3.63, 3.8) is 0 Å². The van der Waals surface area contributed by atoms with E-state index < -0.39 is 12.7 Å². The Kier molecular flexibility index (Phi) is 5.69. The molecule has 0 spiro atoms. The maximum absolute atomic E-state index is 12.3. The number of hydrogen-bond donors (Lipinski definition) is 2. The number of halogens is 3. The van der Waals surface area contributed by atoms with Crippen molar-refractivity contribution < 1.29 is 13.2 Å². The highest BCUT2D eigenvalue weighted by Gasteiger charge is 2.34. The Morgan fingerprint density at radius 2 is 1.90 bits per heavy atom. The van der Waals surface area contributed by atoms with Crippen LogP contribution in [0.4, 0.5) is 13.2 Å². The number of nitrogens with one attached hydrogen (secondary N) is 1. The maximum Gasteiger partial charge on any atom is 0.401 e. The molecule has 0 aromatic heterocycles. The van der Waals surface area contributed by atoms with Crippen LogP contribution in [0.3, 0.4) is 0 Å². The summed E-state index contributed by atoms with van der Waals surface area (Å²) in [4.78, 5) is 1.52. The predicted octanol–water partition coefficient (Wildman–Crippen LogP) is 1.98. The van der Waals surface area contributed by atoms with E-state index in [9.17, 15) is 13.2 Å². The van der Waals surface area contributed by atoms with Crippen molar-refractivity contribution in [2.75, 3.05) is 32.7 Å². The average Bonchev–Trinajstić information content (AvgIpc) is 2.82. The normalized spacial score (nSPS) is 32.7. The van der Waals surface area contributed by atoms with Crippen molar-refractivity contribution in [3.05, 3.63) is 0 Å². The summed E-state index contributed by atoms with van der Waals surface area (Å²) in [5, 5.41) is 3.56. The molecule has 6 heteroatoms. The van der Waals surface area contributed by atoms with Crippen LogP contribution in [0.1, 0.15) is 32.1 Å². The highest BCUT2D eigenvalue weighted by Crippen LogP contribution is 2.25. The fourth-order valence-corrected chi connectivity index (χ4v) is 3.55. The van der Waals surface area contributed by atoms with Crippen LogP contribution in [0.15, 0.2) is 0 Å². The Hall–Kier alpha value is -0.330. The van der Waals surface area contributed by atoms with Gasteiger partial charge < -0.3 is 11.1 Å². The summed E-state index contributed by atoms with van der Waals surface area (Å²) in [6, 6.07) is 0.463. The zero-order valence-electron chi connectivity index (χ0n) is 12.0. The zero-order valence-corrected chi connectivity index (χ0v) is 12.0. The summed E-state index contributed by atoms with van der Waals surface area (Å²) in [6.45, 7) is 1.90. The first-order chi connectivity index (χ1) is 9.48. The molecule has 0 bridgehead atoms. The monoisotopic (exact) mass is 293 g/mol. The Balaban J connectivity index is 1.70. The Morgan fingerprint density at radius 3 is 2.60 bits per heavy atom. The van der Waals surface area contributed by atoms with Gasteiger partial charge in [0.25, 0.3) is 0 Å². The second-order valence-electron chi connectivity index (χ2n) is 6.30. The lowest BCUT2D eigenvalue weighted by Gasteiger charge is -2.32. The molecule has 1 saturated carbocycles. The van der Waals surface area contributed by atoms with Crippen LogP contribution in [0.2, 0.25) is 0 Å². The highest BCUT2D eigenvalue weighted by molar-refractivity contribution is 4.84. The molecule has 3 nitrogen and oxygen atoms in total. The molecule has 1 heterocycles. The van der Waals surface area contributed by atoms with Gasteiger partial charge >= 0.3 is 6.18 Å². The molecule has 3 unspecified atom stereocenters. The first-order valence-electron chi connectivity index (χ1n) is 7.70. The predicted molar refractivity (Wildman–Crippen MR) is 73.4 cm³/mol. The van der Waals surface area contributed by atoms with E-state index in [0.29, 0.717) is 37.5 Å². The third-order valence-corrected chi connectivity index (χ3v) is 4.65. The molecular weight excluding hydrogens is 267 g/mol. The summed E-state index contributed by atoms with van der Waals surface area (Å²) >= 11 is 0. The molecule has 0 amide bonds. The molecule has 0 radical (unpaired) electrons. The largest absolute Gasteiger partial charge is 0.401 e. The molecule has 0 aromatic carbocycles. The van der Waals surface area contributed by atoms with E-state index in [1.165, 1.54) is 24.2 Å². The summed E-state index contributed by atoms with van der Waals surface area (Å²) in [7, 11) is 0. The van der Waals surface area contributed by atoms with Crippen LogP contribution < -0.4 is 11.1 Å². The van der Waals surface area contributed by atoms with Gasteiger partial charge in [-0.2, -0.15) is 13.2 Å². The third kappa shape index (κ3) is 4.90. The van der Waals surface area contributed by atoms with Gasteiger partial charge in [-0.1, -0.05) is 12.8 Å². The van der Waals surface area contributed by atoms with Crippen molar-refractivity contribution >= 4 is 0 Å². The quantitative estimate of drug-likeness (QED) is 0.814. The minimum atomic E-state index is -4.07. The lowest BCUT2D eigenvalue weighted by atomic mass is 9.84. The van der Waals surface area contributed by atoms with Crippen LogP contribution in [-0.4, -0.2) is 49.8 Å². The molecule has 20 heavy (non-hydrogen) atoms. The van der Waals surface area contributed by atoms with Gasteiger partial charge in [0.1, 0.15) is 0 Å². The van der Waals surface area contributed by atoms with Crippen LogP contribution in [0.5, 0.6) is 0 Å². The van der Waals surface area contributed by atoms with E-state index in [0.717, 1.165) is 19.4 Å². The topological polar surface area (TPSA) is 41.3 Å². The molecule has 1 saturated heterocycles. The van der Waals surface area contributed by atoms with E-state index >= 15 is 0 Å². The smallest absolute Gasteiger partial charge is 0.330 e. The lowest BCUT2D eigenvalue weighted by molar-refractivity contribution is -0.143. The average molecular weight is 293 g/mol. The van der Waals surface area contributed by atoms with E-state index in [-0.39, 0.29) is 0 Å². The van der Waals surface area contributed by atoms with Gasteiger partial charge in [-0.05, 0) is 50.7 Å². The van der Waals surface area contributed by atoms with Crippen molar-refractivity contribution in [2.45, 2.75) is 44.3 Å². The fourth-order valence-electron chi connectivity index (χ4n) is 3.55. The van der Waals surface area contributed by atoms with Gasteiger partial charge in [0, 0.05) is 12.6 Å². The molecule has 2 aliphatic rings. The number of likely N-dealkylation sites (tertiary alicyclic amines) is 1. The Labute approximate surface area is 119 Å². The van der Waals surface area contributed by atoms with Crippen LogP contribution in [-0.2, 0) is 0 Å². The van der Waals surface area contributed by atoms with Gasteiger partial charge in [0.2, 0.25) is 0 Å². The molecule has 0 aromatic rings. The molecule has 118 valence electrons. The SMILES string of the molecule is NCC1CCCCC1NCC1CCN(CC(F)(F)F)C1. The fraction of sp³-hybridized carbons (Fsp3) is 1.00. The molecule has 3 N–H and O–H groups in total. The van der Waals surface area contributed by atoms with E-state index in [1.807, 2.05) is 0 Å². The van der Waals surface area contributed by atoms with Crippen molar-refractivity contribution in [3.8, 4) is 0 Å². The lowest BCUT2D eigenvalue weighted by Crippen LogP contribution is -2.44. The van der Waals surface area contributed by atoms with Crippen molar-refractivity contribution in [1.29, 1.82) is 0 Å². The molecule has 1 aliphatic heterocycles. The molecular formula is C14H26F3N3. The van der Waals surface area contributed by atoms with Crippen LogP contribution >= 0.6 is 0 Å². The minimum absolute atomic E-state index is 0.345. The number of nitrogens with zero attached hydrogens (tertiary/aromatic N) is 1. The van der Waals surface area contributed by atoms with Gasteiger partial charge in [0.15, 0.2) is 0 Å². The summed E-state index contributed by atoms with van der Waals surface area (Å²) < 4.78 is 37.0. The second kappa shape index (κ2) is 7.09. The number of nitrogens with two attached hydrogens (primary N) is 1. The summed E-state index contributed by atoms with van der Waals surface area (Å²) in [5.41, 5.74) is 5.80. The van der Waals surface area contributed by atoms with Gasteiger partial charge in [-0.25, -0.2) is 0 Å². The molecule has 2 fully saturated rings. The summed E-state index contributed by atoms with van der Waals surface area (Å²) in [5.74, 6) is 0.883. The zero-order chi connectivity index (χ0) is 14.6. The van der Waals surface area contributed by atoms with Crippen LogP contribution in [0.25, 0.3) is 0 Å². The number of rotatable bonds is 5.